The molecule has 1 aromatic rings. The van der Waals surface area contributed by atoms with Gasteiger partial charge < -0.3 is 19.8 Å². The normalized spacial score (nSPS) is 22.1. The van der Waals surface area contributed by atoms with Crippen molar-refractivity contribution in [3.05, 3.63) is 35.9 Å². The van der Waals surface area contributed by atoms with Gasteiger partial charge in [-0.2, -0.15) is 0 Å². The van der Waals surface area contributed by atoms with E-state index in [1.54, 1.807) is 0 Å². The van der Waals surface area contributed by atoms with Crippen molar-refractivity contribution >= 4 is 5.91 Å². The molecule has 2 heterocycles. The van der Waals surface area contributed by atoms with E-state index >= 15 is 0 Å². The molecule has 138 valence electrons. The van der Waals surface area contributed by atoms with Gasteiger partial charge in [-0.3, -0.25) is 4.79 Å². The molecule has 0 unspecified atom stereocenters. The van der Waals surface area contributed by atoms with E-state index in [0.29, 0.717) is 12.3 Å². The lowest BCUT2D eigenvalue weighted by Crippen LogP contribution is -2.49. The molecule has 2 saturated heterocycles. The van der Waals surface area contributed by atoms with Crippen LogP contribution in [0.1, 0.15) is 18.4 Å². The molecule has 2 aliphatic rings. The number of likely N-dealkylation sites (tertiary alicyclic amines) is 1. The van der Waals surface area contributed by atoms with E-state index < -0.39 is 6.10 Å². The summed E-state index contributed by atoms with van der Waals surface area (Å²) in [7, 11) is 2.18. The predicted octanol–water partition coefficient (Wildman–Crippen LogP) is 1.08. The lowest BCUT2D eigenvalue weighted by atomic mass is 9.95. The molecule has 3 rings (SSSR count). The van der Waals surface area contributed by atoms with Crippen molar-refractivity contribution < 1.29 is 9.90 Å². The zero-order valence-electron chi connectivity index (χ0n) is 15.3. The van der Waals surface area contributed by atoms with Crippen molar-refractivity contribution in [2.75, 3.05) is 52.9 Å². The zero-order chi connectivity index (χ0) is 17.6. The van der Waals surface area contributed by atoms with E-state index in [1.165, 1.54) is 0 Å². The highest BCUT2D eigenvalue weighted by Gasteiger charge is 2.28. The Morgan fingerprint density at radius 2 is 1.72 bits per heavy atom. The van der Waals surface area contributed by atoms with Crippen molar-refractivity contribution in [3.63, 3.8) is 0 Å². The third-order valence-corrected chi connectivity index (χ3v) is 5.60. The second-order valence-corrected chi connectivity index (χ2v) is 7.58. The van der Waals surface area contributed by atoms with E-state index in [4.69, 9.17) is 0 Å². The van der Waals surface area contributed by atoms with Crippen molar-refractivity contribution in [1.82, 2.24) is 14.7 Å². The highest BCUT2D eigenvalue weighted by atomic mass is 16.3. The van der Waals surface area contributed by atoms with E-state index in [2.05, 4.69) is 16.8 Å². The van der Waals surface area contributed by atoms with Gasteiger partial charge in [0.25, 0.3) is 5.91 Å². The van der Waals surface area contributed by atoms with Crippen molar-refractivity contribution in [3.8, 4) is 0 Å². The lowest BCUT2D eigenvalue weighted by Gasteiger charge is -2.38. The number of aliphatic hydroxyl groups is 1. The first kappa shape index (κ1) is 18.4. The average molecular weight is 345 g/mol. The van der Waals surface area contributed by atoms with Crippen molar-refractivity contribution in [2.45, 2.75) is 25.4 Å². The summed E-state index contributed by atoms with van der Waals surface area (Å²) < 4.78 is 0. The molecule has 2 fully saturated rings. The number of nitrogens with zero attached hydrogens (tertiary/aromatic N) is 3. The number of carbonyl (C=O) groups is 1. The number of hydrogen-bond acceptors (Lipinski definition) is 4. The fourth-order valence-corrected chi connectivity index (χ4v) is 3.87. The summed E-state index contributed by atoms with van der Waals surface area (Å²) in [5.41, 5.74) is 1.01. The van der Waals surface area contributed by atoms with Crippen LogP contribution in [0.3, 0.4) is 0 Å². The van der Waals surface area contributed by atoms with Gasteiger partial charge in [0, 0.05) is 52.2 Å². The van der Waals surface area contributed by atoms with Gasteiger partial charge in [-0.25, -0.2) is 0 Å². The van der Waals surface area contributed by atoms with Crippen LogP contribution in [0.25, 0.3) is 0 Å². The minimum Gasteiger partial charge on any atom is -0.383 e. The Labute approximate surface area is 151 Å². The smallest absolute Gasteiger partial charge is 0.251 e. The molecule has 0 radical (unpaired) electrons. The number of piperidine rings is 1. The molecule has 0 bridgehead atoms. The second kappa shape index (κ2) is 8.79. The van der Waals surface area contributed by atoms with Crippen LogP contribution in [-0.2, 0) is 11.2 Å². The molecule has 1 aromatic carbocycles. The number of piperazine rings is 1. The average Bonchev–Trinajstić information content (AvgIpc) is 2.64. The summed E-state index contributed by atoms with van der Waals surface area (Å²) in [6.45, 7) is 7.34. The van der Waals surface area contributed by atoms with Crippen LogP contribution in [-0.4, -0.2) is 84.7 Å². The van der Waals surface area contributed by atoms with E-state index in [9.17, 15) is 9.90 Å². The third kappa shape index (κ3) is 5.27. The van der Waals surface area contributed by atoms with E-state index in [1.807, 2.05) is 35.2 Å². The van der Waals surface area contributed by atoms with Crippen molar-refractivity contribution in [1.29, 1.82) is 0 Å². The number of likely N-dealkylation sites (N-methyl/N-ethyl adjacent to an activating group) is 1. The zero-order valence-corrected chi connectivity index (χ0v) is 15.3. The highest BCUT2D eigenvalue weighted by molar-refractivity contribution is 5.81. The molecular formula is C20H31N3O2. The molecule has 2 aliphatic heterocycles. The highest BCUT2D eigenvalue weighted by Crippen LogP contribution is 2.20. The fraction of sp³-hybridized carbons (Fsp3) is 0.650. The Balaban J connectivity index is 1.41. The summed E-state index contributed by atoms with van der Waals surface area (Å²) >= 11 is 0. The molecule has 0 spiro atoms. The monoisotopic (exact) mass is 345 g/mol. The van der Waals surface area contributed by atoms with Gasteiger partial charge >= 0.3 is 0 Å². The minimum atomic E-state index is -0.920. The molecule has 0 aliphatic carbocycles. The Bertz CT molecular complexity index is 535. The topological polar surface area (TPSA) is 47.0 Å². The van der Waals surface area contributed by atoms with Crippen molar-refractivity contribution in [2.24, 2.45) is 5.92 Å². The maximum absolute atomic E-state index is 12.5. The SMILES string of the molecule is CN1CCN(CC2CCN(C(=O)[C@@H](O)Cc3ccccc3)CC2)CC1. The molecular weight excluding hydrogens is 314 g/mol. The molecule has 5 nitrogen and oxygen atoms in total. The molecule has 1 N–H and O–H groups in total. The van der Waals surface area contributed by atoms with Crippen LogP contribution in [0.15, 0.2) is 30.3 Å². The number of hydrogen-bond donors (Lipinski definition) is 1. The summed E-state index contributed by atoms with van der Waals surface area (Å²) in [5, 5.41) is 10.3. The minimum absolute atomic E-state index is 0.109. The quantitative estimate of drug-likeness (QED) is 0.867. The van der Waals surface area contributed by atoms with E-state index in [0.717, 1.165) is 64.2 Å². The molecule has 1 atom stereocenters. The first-order valence-electron chi connectivity index (χ1n) is 9.53. The fourth-order valence-electron chi connectivity index (χ4n) is 3.87. The van der Waals surface area contributed by atoms with Crippen LogP contribution in [0, 0.1) is 5.92 Å². The molecule has 5 heteroatoms. The van der Waals surface area contributed by atoms with Gasteiger partial charge in [0.05, 0.1) is 0 Å². The van der Waals surface area contributed by atoms with Gasteiger partial charge in [0.2, 0.25) is 0 Å². The number of aliphatic hydroxyl groups excluding tert-OH is 1. The maximum Gasteiger partial charge on any atom is 0.251 e. The number of rotatable bonds is 5. The summed E-state index contributed by atoms with van der Waals surface area (Å²) in [6.07, 6.45) is 1.59. The Morgan fingerprint density at radius 3 is 2.36 bits per heavy atom. The number of carbonyl (C=O) groups excluding carboxylic acids is 1. The predicted molar refractivity (Wildman–Crippen MR) is 99.4 cm³/mol. The number of amides is 1. The maximum atomic E-state index is 12.5. The van der Waals surface area contributed by atoms with Crippen LogP contribution < -0.4 is 0 Å². The van der Waals surface area contributed by atoms with Gasteiger partial charge in [0.15, 0.2) is 0 Å². The first-order valence-corrected chi connectivity index (χ1v) is 9.53. The molecule has 25 heavy (non-hydrogen) atoms. The van der Waals surface area contributed by atoms with Gasteiger partial charge in [-0.05, 0) is 31.4 Å². The Kier molecular flexibility index (Phi) is 6.45. The molecule has 0 aromatic heterocycles. The lowest BCUT2D eigenvalue weighted by molar-refractivity contribution is -0.141. The molecule has 0 saturated carbocycles. The van der Waals surface area contributed by atoms with Gasteiger partial charge in [-0.1, -0.05) is 30.3 Å². The Morgan fingerprint density at radius 1 is 1.08 bits per heavy atom. The summed E-state index contributed by atoms with van der Waals surface area (Å²) in [4.78, 5) is 19.3. The molecule has 1 amide bonds. The Hall–Kier alpha value is -1.43. The van der Waals surface area contributed by atoms with Gasteiger partial charge in [-0.15, -0.1) is 0 Å². The van der Waals surface area contributed by atoms with Gasteiger partial charge in [0.1, 0.15) is 6.10 Å². The van der Waals surface area contributed by atoms with E-state index in [-0.39, 0.29) is 5.91 Å². The van der Waals surface area contributed by atoms with Crippen LogP contribution in [0.5, 0.6) is 0 Å². The third-order valence-electron chi connectivity index (χ3n) is 5.60. The van der Waals surface area contributed by atoms with Crippen LogP contribution in [0.2, 0.25) is 0 Å². The second-order valence-electron chi connectivity index (χ2n) is 7.58. The summed E-state index contributed by atoms with van der Waals surface area (Å²) in [5.74, 6) is 0.570. The summed E-state index contributed by atoms with van der Waals surface area (Å²) in [6, 6.07) is 9.74. The standard InChI is InChI=1S/C20H31N3O2/c1-21-11-13-22(14-12-21)16-18-7-9-23(10-8-18)20(25)19(24)15-17-5-3-2-4-6-17/h2-6,18-19,24H,7-16H2,1H3/t19-/m0/s1. The number of benzene rings is 1. The van der Waals surface area contributed by atoms with Crippen LogP contribution in [0.4, 0.5) is 0 Å². The largest absolute Gasteiger partial charge is 0.383 e. The first-order chi connectivity index (χ1) is 12.1. The van der Waals surface area contributed by atoms with Crippen LogP contribution >= 0.6 is 0 Å².